The van der Waals surface area contributed by atoms with Gasteiger partial charge in [0.05, 0.1) is 5.41 Å². The van der Waals surface area contributed by atoms with E-state index in [-0.39, 0.29) is 30.0 Å². The van der Waals surface area contributed by atoms with Gasteiger partial charge in [-0.15, -0.1) is 12.4 Å². The number of fused-ring (bicyclic) bond motifs is 3. The van der Waals surface area contributed by atoms with Gasteiger partial charge in [0.15, 0.2) is 0 Å². The van der Waals surface area contributed by atoms with Crippen LogP contribution in [0.15, 0.2) is 60.7 Å². The van der Waals surface area contributed by atoms with Gasteiger partial charge < -0.3 is 4.74 Å². The number of nitrogens with zero attached hydrogens (tertiary/aromatic N) is 1. The zero-order valence-corrected chi connectivity index (χ0v) is 21.0. The minimum absolute atomic E-state index is 0. The van der Waals surface area contributed by atoms with Gasteiger partial charge in [0.2, 0.25) is 0 Å². The van der Waals surface area contributed by atoms with Crippen LogP contribution >= 0.6 is 12.4 Å². The molecule has 0 spiro atoms. The average molecular weight is 468 g/mol. The molecular weight excluding hydrogens is 430 g/mol. The molecule has 0 N–H and O–H groups in total. The number of hydrogen-bond donors (Lipinski definition) is 0. The van der Waals surface area contributed by atoms with Gasteiger partial charge >= 0.3 is 5.97 Å². The molecule has 0 aromatic heterocycles. The van der Waals surface area contributed by atoms with Crippen molar-refractivity contribution in [3.63, 3.8) is 0 Å². The minimum atomic E-state index is -0.484. The second-order valence-electron chi connectivity index (χ2n) is 11.3. The summed E-state index contributed by atoms with van der Waals surface area (Å²) in [5.74, 6) is 1.06. The molecule has 0 radical (unpaired) electrons. The highest BCUT2D eigenvalue weighted by atomic mass is 35.5. The van der Waals surface area contributed by atoms with Crippen molar-refractivity contribution in [2.75, 3.05) is 13.1 Å². The van der Waals surface area contributed by atoms with E-state index in [1.807, 2.05) is 20.8 Å². The molecule has 4 aliphatic rings. The van der Waals surface area contributed by atoms with Crippen LogP contribution in [0.1, 0.15) is 75.8 Å². The van der Waals surface area contributed by atoms with Gasteiger partial charge in [-0.2, -0.15) is 0 Å². The molecule has 178 valence electrons. The Kier molecular flexibility index (Phi) is 6.94. The Morgan fingerprint density at radius 2 is 1.33 bits per heavy atom. The fourth-order valence-corrected chi connectivity index (χ4v) is 6.74. The summed E-state index contributed by atoms with van der Waals surface area (Å²) < 4.78 is 6.41. The van der Waals surface area contributed by atoms with Gasteiger partial charge in [0.25, 0.3) is 0 Å². The molecule has 0 amide bonds. The fourth-order valence-electron chi connectivity index (χ4n) is 6.74. The maximum atomic E-state index is 13.1. The van der Waals surface area contributed by atoms with Crippen molar-refractivity contribution in [2.24, 2.45) is 11.3 Å². The van der Waals surface area contributed by atoms with Crippen molar-refractivity contribution in [3.05, 3.63) is 71.8 Å². The van der Waals surface area contributed by atoms with E-state index in [4.69, 9.17) is 4.74 Å². The second-order valence-corrected chi connectivity index (χ2v) is 11.3. The van der Waals surface area contributed by atoms with E-state index in [0.29, 0.717) is 17.8 Å². The first-order valence-corrected chi connectivity index (χ1v) is 12.4. The predicted molar refractivity (Wildman–Crippen MR) is 136 cm³/mol. The minimum Gasteiger partial charge on any atom is -0.462 e. The van der Waals surface area contributed by atoms with Crippen molar-refractivity contribution in [1.29, 1.82) is 0 Å². The molecule has 33 heavy (non-hydrogen) atoms. The largest absolute Gasteiger partial charge is 0.462 e. The van der Waals surface area contributed by atoms with Crippen LogP contribution in [0, 0.1) is 11.3 Å². The summed E-state index contributed by atoms with van der Waals surface area (Å²) in [4.78, 5) is 15.8. The Balaban J connectivity index is 0.00000259. The van der Waals surface area contributed by atoms with Gasteiger partial charge in [-0.1, -0.05) is 60.7 Å². The number of likely N-dealkylation sites (tertiary alicyclic amines) is 1. The van der Waals surface area contributed by atoms with Crippen molar-refractivity contribution in [2.45, 2.75) is 76.4 Å². The summed E-state index contributed by atoms with van der Waals surface area (Å²) in [7, 11) is 0. The summed E-state index contributed by atoms with van der Waals surface area (Å²) in [5.41, 5.74) is 2.42. The quantitative estimate of drug-likeness (QED) is 0.475. The number of halogens is 1. The summed E-state index contributed by atoms with van der Waals surface area (Å²) in [5, 5.41) is 0. The van der Waals surface area contributed by atoms with E-state index >= 15 is 0 Å². The van der Waals surface area contributed by atoms with E-state index in [1.165, 1.54) is 49.9 Å². The Morgan fingerprint density at radius 3 is 1.79 bits per heavy atom. The SMILES string of the molecule is CC(C)(C)C(=O)O[C@@H]1CC2(N3CCCC3)C[C@@H](c3ccccc3)C1[C@H](c1ccccc1)C2.Cl. The standard InChI is InChI=1S/C29H37NO2.ClH/c1-28(2,3)27(31)32-25-20-29(30-16-10-11-17-30)18-23(21-12-6-4-7-13-21)26(25)24(19-29)22-14-8-5-9-15-22;/h4-9,12-15,23-26H,10-11,16-20H2,1-3H3;1H/t23-,24-,25+,26?,29?;/m0./s1. The lowest BCUT2D eigenvalue weighted by Gasteiger charge is -2.61. The molecule has 3 saturated carbocycles. The molecular formula is C29H38ClNO2. The van der Waals surface area contributed by atoms with Crippen LogP contribution in [-0.2, 0) is 9.53 Å². The number of ether oxygens (including phenoxy) is 1. The molecule has 2 bridgehead atoms. The zero-order valence-electron chi connectivity index (χ0n) is 20.2. The molecule has 1 heterocycles. The Hall–Kier alpha value is -1.84. The van der Waals surface area contributed by atoms with Gasteiger partial charge in [-0.05, 0) is 82.5 Å². The molecule has 0 unspecified atom stereocenters. The van der Waals surface area contributed by atoms with Crippen LogP contribution in [0.4, 0.5) is 0 Å². The molecule has 1 aliphatic heterocycles. The molecule has 3 nitrogen and oxygen atoms in total. The monoisotopic (exact) mass is 467 g/mol. The van der Waals surface area contributed by atoms with Crippen molar-refractivity contribution in [3.8, 4) is 0 Å². The number of hydrogen-bond acceptors (Lipinski definition) is 3. The first kappa shape index (κ1) is 24.3. The van der Waals surface area contributed by atoms with E-state index in [2.05, 4.69) is 65.6 Å². The van der Waals surface area contributed by atoms with Gasteiger partial charge in [-0.3, -0.25) is 9.69 Å². The highest BCUT2D eigenvalue weighted by molar-refractivity contribution is 5.85. The molecule has 4 fully saturated rings. The molecule has 4 heteroatoms. The maximum Gasteiger partial charge on any atom is 0.311 e. The summed E-state index contributed by atoms with van der Waals surface area (Å²) in [6.45, 7) is 8.25. The zero-order chi connectivity index (χ0) is 22.3. The van der Waals surface area contributed by atoms with Crippen LogP contribution in [0.3, 0.4) is 0 Å². The Bertz CT molecular complexity index is 884. The third kappa shape index (κ3) is 4.59. The Labute approximate surface area is 205 Å². The third-order valence-electron chi connectivity index (χ3n) is 8.24. The van der Waals surface area contributed by atoms with Gasteiger partial charge in [0, 0.05) is 17.9 Å². The number of esters is 1. The van der Waals surface area contributed by atoms with Crippen LogP contribution in [0.2, 0.25) is 0 Å². The molecule has 2 aromatic rings. The normalized spacial score (nSPS) is 31.7. The predicted octanol–water partition coefficient (Wildman–Crippen LogP) is 6.58. The summed E-state index contributed by atoms with van der Waals surface area (Å²) in [6.07, 6.45) is 5.85. The van der Waals surface area contributed by atoms with Crippen LogP contribution in [0.5, 0.6) is 0 Å². The smallest absolute Gasteiger partial charge is 0.311 e. The van der Waals surface area contributed by atoms with Crippen molar-refractivity contribution >= 4 is 18.4 Å². The topological polar surface area (TPSA) is 29.5 Å². The highest BCUT2D eigenvalue weighted by Gasteiger charge is 2.59. The summed E-state index contributed by atoms with van der Waals surface area (Å²) >= 11 is 0. The molecule has 3 atom stereocenters. The first-order valence-electron chi connectivity index (χ1n) is 12.4. The molecule has 2 aromatic carbocycles. The third-order valence-corrected chi connectivity index (χ3v) is 8.24. The number of benzene rings is 2. The van der Waals surface area contributed by atoms with E-state index in [9.17, 15) is 4.79 Å². The summed E-state index contributed by atoms with van der Waals surface area (Å²) in [6, 6.07) is 22.0. The van der Waals surface area contributed by atoms with E-state index in [1.54, 1.807) is 0 Å². The fraction of sp³-hybridized carbons (Fsp3) is 0.552. The molecule has 1 saturated heterocycles. The molecule has 6 rings (SSSR count). The maximum absolute atomic E-state index is 13.1. The Morgan fingerprint density at radius 1 is 0.848 bits per heavy atom. The van der Waals surface area contributed by atoms with Crippen LogP contribution in [-0.4, -0.2) is 35.6 Å². The number of rotatable bonds is 4. The number of carbonyl (C=O) groups excluding carboxylic acids is 1. The van der Waals surface area contributed by atoms with Crippen molar-refractivity contribution in [1.82, 2.24) is 4.90 Å². The van der Waals surface area contributed by atoms with Gasteiger partial charge in [0.1, 0.15) is 6.10 Å². The lowest BCUT2D eigenvalue weighted by Crippen LogP contribution is -2.62. The first-order chi connectivity index (χ1) is 15.4. The van der Waals surface area contributed by atoms with E-state index in [0.717, 1.165) is 6.42 Å². The number of carbonyl (C=O) groups is 1. The van der Waals surface area contributed by atoms with Crippen LogP contribution < -0.4 is 0 Å². The van der Waals surface area contributed by atoms with Crippen molar-refractivity contribution < 1.29 is 9.53 Å². The lowest BCUT2D eigenvalue weighted by molar-refractivity contribution is -0.176. The highest BCUT2D eigenvalue weighted by Crippen LogP contribution is 2.61. The average Bonchev–Trinajstić information content (AvgIpc) is 3.35. The lowest BCUT2D eigenvalue weighted by atomic mass is 9.51. The van der Waals surface area contributed by atoms with Crippen LogP contribution in [0.25, 0.3) is 0 Å². The molecule has 3 aliphatic carbocycles. The van der Waals surface area contributed by atoms with Gasteiger partial charge in [-0.25, -0.2) is 0 Å². The van der Waals surface area contributed by atoms with E-state index < -0.39 is 5.41 Å². The second kappa shape index (κ2) is 9.43.